The first-order chi connectivity index (χ1) is 16.9. The molecular weight excluding hydrogens is 442 g/mol. The first-order valence-electron chi connectivity index (χ1n) is 12.3. The number of nitrogens with zero attached hydrogens (tertiary/aromatic N) is 1. The van der Waals surface area contributed by atoms with Crippen LogP contribution in [0.3, 0.4) is 0 Å². The molecule has 0 unspecified atom stereocenters. The number of hydrogen-bond donors (Lipinski definition) is 0. The molecule has 0 amide bonds. The van der Waals surface area contributed by atoms with Crippen LogP contribution in [0.4, 0.5) is 0 Å². The minimum absolute atomic E-state index is 0.937. The largest absolute Gasteiger partial charge is 0.455 e. The summed E-state index contributed by atoms with van der Waals surface area (Å²) in [6.07, 6.45) is 0. The summed E-state index contributed by atoms with van der Waals surface area (Å²) in [4.78, 5) is 0. The Hall–Kier alpha value is -3.69. The van der Waals surface area contributed by atoms with Gasteiger partial charge >= 0.3 is 0 Å². The Morgan fingerprint density at radius 2 is 1.40 bits per heavy atom. The van der Waals surface area contributed by atoms with E-state index in [1.165, 1.54) is 54.4 Å². The van der Waals surface area contributed by atoms with Gasteiger partial charge in [-0.3, -0.25) is 0 Å². The van der Waals surface area contributed by atoms with E-state index in [0.717, 1.165) is 11.2 Å². The van der Waals surface area contributed by atoms with Crippen molar-refractivity contribution in [3.8, 4) is 11.3 Å². The predicted octanol–water partition coefficient (Wildman–Crippen LogP) is 6.67. The number of furan rings is 1. The summed E-state index contributed by atoms with van der Waals surface area (Å²) >= 11 is 0. The van der Waals surface area contributed by atoms with E-state index in [-0.39, 0.29) is 0 Å². The van der Waals surface area contributed by atoms with Gasteiger partial charge in [-0.15, -0.1) is 0 Å². The highest BCUT2D eigenvalue weighted by molar-refractivity contribution is 7.00. The van der Waals surface area contributed by atoms with Crippen LogP contribution in [-0.2, 0) is 7.05 Å². The summed E-state index contributed by atoms with van der Waals surface area (Å²) in [5, 5.41) is 6.58. The summed E-state index contributed by atoms with van der Waals surface area (Å²) in [7, 11) is 0.399. The molecule has 4 aromatic carbocycles. The van der Waals surface area contributed by atoms with Crippen LogP contribution in [0.1, 0.15) is 11.1 Å². The van der Waals surface area contributed by atoms with Crippen LogP contribution in [0.5, 0.6) is 0 Å². The summed E-state index contributed by atoms with van der Waals surface area (Å²) in [6.45, 7) is 9.30. The maximum Gasteiger partial charge on any atom is 0.217 e. The van der Waals surface area contributed by atoms with E-state index in [0.29, 0.717) is 0 Å². The van der Waals surface area contributed by atoms with Gasteiger partial charge in [0.25, 0.3) is 0 Å². The lowest BCUT2D eigenvalue weighted by atomic mass is 9.98. The molecule has 0 aliphatic rings. The molecule has 0 spiro atoms. The molecule has 0 N–H and O–H groups in total. The molecule has 0 bridgehead atoms. The van der Waals surface area contributed by atoms with Crippen molar-refractivity contribution in [2.24, 2.45) is 7.05 Å². The highest BCUT2D eigenvalue weighted by Gasteiger charge is 2.28. The number of aryl methyl sites for hydroxylation is 3. The molecule has 35 heavy (non-hydrogen) atoms. The van der Waals surface area contributed by atoms with Crippen molar-refractivity contribution in [3.63, 3.8) is 0 Å². The van der Waals surface area contributed by atoms with Crippen molar-refractivity contribution in [2.75, 3.05) is 0 Å². The molecule has 0 saturated carbocycles. The molecule has 0 aliphatic carbocycles. The van der Waals surface area contributed by atoms with E-state index in [1.807, 2.05) is 6.07 Å². The zero-order valence-electron chi connectivity index (χ0n) is 21.0. The average Bonchev–Trinajstić information content (AvgIpc) is 3.25. The first-order valence-corrected chi connectivity index (χ1v) is 15.3. The van der Waals surface area contributed by atoms with E-state index < -0.39 is 8.07 Å². The van der Waals surface area contributed by atoms with Gasteiger partial charge in [0, 0.05) is 28.3 Å². The number of aromatic nitrogens is 1. The van der Waals surface area contributed by atoms with Crippen molar-refractivity contribution >= 4 is 51.3 Å². The SMILES string of the molecule is Cc1ccc2c(oc3ccccc32)c1-c1cc(C)c2cc([Si](C)(C)c3ccccc3)ccc2[n+]1C. The Labute approximate surface area is 207 Å². The van der Waals surface area contributed by atoms with Crippen molar-refractivity contribution in [1.82, 2.24) is 0 Å². The van der Waals surface area contributed by atoms with Gasteiger partial charge < -0.3 is 4.42 Å². The molecule has 0 saturated heterocycles. The smallest absolute Gasteiger partial charge is 0.217 e. The van der Waals surface area contributed by atoms with Gasteiger partial charge in [0.2, 0.25) is 11.2 Å². The summed E-state index contributed by atoms with van der Waals surface area (Å²) in [5.74, 6) is 0. The number of hydrogen-bond acceptors (Lipinski definition) is 1. The van der Waals surface area contributed by atoms with Gasteiger partial charge in [-0.05, 0) is 37.1 Å². The number of pyridine rings is 1. The number of benzene rings is 4. The molecule has 3 heteroatoms. The second-order valence-electron chi connectivity index (χ2n) is 10.2. The third kappa shape index (κ3) is 3.34. The summed E-state index contributed by atoms with van der Waals surface area (Å²) < 4.78 is 8.76. The van der Waals surface area contributed by atoms with E-state index in [4.69, 9.17) is 4.42 Å². The van der Waals surface area contributed by atoms with E-state index in [2.05, 4.69) is 123 Å². The molecule has 0 aliphatic heterocycles. The highest BCUT2D eigenvalue weighted by atomic mass is 28.3. The maximum atomic E-state index is 6.43. The molecule has 172 valence electrons. The van der Waals surface area contributed by atoms with Crippen LogP contribution in [0.15, 0.2) is 95.4 Å². The van der Waals surface area contributed by atoms with Gasteiger partial charge in [-0.1, -0.05) is 90.2 Å². The van der Waals surface area contributed by atoms with Crippen LogP contribution in [0, 0.1) is 13.8 Å². The second-order valence-corrected chi connectivity index (χ2v) is 14.6. The van der Waals surface area contributed by atoms with Gasteiger partial charge in [-0.25, -0.2) is 0 Å². The van der Waals surface area contributed by atoms with Gasteiger partial charge in [-0.2, -0.15) is 4.57 Å². The minimum Gasteiger partial charge on any atom is -0.455 e. The Balaban J connectivity index is 1.58. The van der Waals surface area contributed by atoms with E-state index >= 15 is 0 Å². The zero-order chi connectivity index (χ0) is 24.3. The van der Waals surface area contributed by atoms with Crippen LogP contribution in [-0.4, -0.2) is 8.07 Å². The highest BCUT2D eigenvalue weighted by Crippen LogP contribution is 2.37. The number of para-hydroxylation sites is 1. The Bertz CT molecular complexity index is 1750. The Morgan fingerprint density at radius 3 is 2.20 bits per heavy atom. The van der Waals surface area contributed by atoms with Crippen LogP contribution in [0.25, 0.3) is 44.1 Å². The van der Waals surface area contributed by atoms with Crippen LogP contribution < -0.4 is 14.9 Å². The van der Waals surface area contributed by atoms with E-state index in [9.17, 15) is 0 Å². The fraction of sp³-hybridized carbons (Fsp3) is 0.156. The normalized spacial score (nSPS) is 12.1. The first kappa shape index (κ1) is 21.8. The van der Waals surface area contributed by atoms with Crippen molar-refractivity contribution in [3.05, 3.63) is 102 Å². The number of rotatable bonds is 3. The lowest BCUT2D eigenvalue weighted by Gasteiger charge is -2.24. The zero-order valence-corrected chi connectivity index (χ0v) is 22.0. The third-order valence-corrected chi connectivity index (χ3v) is 11.3. The molecule has 2 aromatic heterocycles. The Morgan fingerprint density at radius 1 is 0.657 bits per heavy atom. The molecule has 2 nitrogen and oxygen atoms in total. The molecule has 6 rings (SSSR count). The summed E-state index contributed by atoms with van der Waals surface area (Å²) in [6, 6.07) is 33.1. The average molecular weight is 473 g/mol. The standard InChI is InChI=1S/C32H30NOSi/c1-21-15-17-26-25-13-9-10-14-30(25)34-32(26)31(21)29-19-22(2)27-20-24(16-18-28(27)33(29)3)35(4,5)23-11-7-6-8-12-23/h6-20H,1-5H3/q+1. The molecular formula is C32H30NOSi+. The van der Waals surface area contributed by atoms with Crippen molar-refractivity contribution < 1.29 is 8.98 Å². The molecule has 0 fully saturated rings. The van der Waals surface area contributed by atoms with Crippen LogP contribution >= 0.6 is 0 Å². The third-order valence-electron chi connectivity index (χ3n) is 7.73. The molecule has 0 atom stereocenters. The fourth-order valence-electron chi connectivity index (χ4n) is 5.51. The maximum absolute atomic E-state index is 6.43. The topological polar surface area (TPSA) is 17.0 Å². The molecule has 0 radical (unpaired) electrons. The van der Waals surface area contributed by atoms with Crippen molar-refractivity contribution in [1.29, 1.82) is 0 Å². The quantitative estimate of drug-likeness (QED) is 0.208. The van der Waals surface area contributed by atoms with Gasteiger partial charge in [0.15, 0.2) is 0 Å². The van der Waals surface area contributed by atoms with Gasteiger partial charge in [0.1, 0.15) is 26.3 Å². The predicted molar refractivity (Wildman–Crippen MR) is 151 cm³/mol. The Kier molecular flexibility index (Phi) is 4.94. The van der Waals surface area contributed by atoms with Crippen LogP contribution in [0.2, 0.25) is 13.1 Å². The van der Waals surface area contributed by atoms with Crippen molar-refractivity contribution in [2.45, 2.75) is 26.9 Å². The lowest BCUT2D eigenvalue weighted by Crippen LogP contribution is -2.52. The molecule has 6 aromatic rings. The lowest BCUT2D eigenvalue weighted by molar-refractivity contribution is -0.633. The molecule has 2 heterocycles. The number of fused-ring (bicyclic) bond motifs is 4. The monoisotopic (exact) mass is 472 g/mol. The van der Waals surface area contributed by atoms with Gasteiger partial charge in [0.05, 0.1) is 5.56 Å². The fourth-order valence-corrected chi connectivity index (χ4v) is 7.87. The minimum atomic E-state index is -1.78. The second kappa shape index (κ2) is 7.93. The summed E-state index contributed by atoms with van der Waals surface area (Å²) in [5.41, 5.74) is 8.02. The van der Waals surface area contributed by atoms with E-state index in [1.54, 1.807) is 0 Å².